The predicted molar refractivity (Wildman–Crippen MR) is 103 cm³/mol. The lowest BCUT2D eigenvalue weighted by Gasteiger charge is -2.30. The molecule has 0 radical (unpaired) electrons. The molecule has 6 nitrogen and oxygen atoms in total. The van der Waals surface area contributed by atoms with E-state index in [-0.39, 0.29) is 11.6 Å². The van der Waals surface area contributed by atoms with E-state index in [1.54, 1.807) is 30.5 Å². The average Bonchev–Trinajstić information content (AvgIpc) is 2.73. The summed E-state index contributed by atoms with van der Waals surface area (Å²) < 4.78 is 0. The van der Waals surface area contributed by atoms with Crippen LogP contribution in [-0.2, 0) is 6.42 Å². The highest BCUT2D eigenvalue weighted by atomic mass is 16.1. The highest BCUT2D eigenvalue weighted by molar-refractivity contribution is 6.02. The van der Waals surface area contributed by atoms with Crippen molar-refractivity contribution in [2.45, 2.75) is 12.8 Å². The first-order valence-corrected chi connectivity index (χ1v) is 8.73. The van der Waals surface area contributed by atoms with Gasteiger partial charge in [-0.2, -0.15) is 5.26 Å². The van der Waals surface area contributed by atoms with Gasteiger partial charge in [0.25, 0.3) is 5.91 Å². The highest BCUT2D eigenvalue weighted by Gasteiger charge is 2.19. The maximum Gasteiger partial charge on any atom is 0.275 e. The summed E-state index contributed by atoms with van der Waals surface area (Å²) in [6.07, 6.45) is 5.22. The normalized spacial score (nSPS) is 12.8. The fraction of sp³-hybridized carbons (Fsp3) is 0.143. The van der Waals surface area contributed by atoms with Crippen LogP contribution >= 0.6 is 0 Å². The lowest BCUT2D eigenvalue weighted by molar-refractivity contribution is 0.102. The zero-order chi connectivity index (χ0) is 18.6. The van der Waals surface area contributed by atoms with Gasteiger partial charge in [-0.3, -0.25) is 4.79 Å². The second-order valence-corrected chi connectivity index (χ2v) is 6.29. The van der Waals surface area contributed by atoms with Gasteiger partial charge in [-0.25, -0.2) is 9.97 Å². The van der Waals surface area contributed by atoms with Gasteiger partial charge in [0.05, 0.1) is 24.0 Å². The van der Waals surface area contributed by atoms with E-state index in [9.17, 15) is 4.79 Å². The third-order valence-electron chi connectivity index (χ3n) is 4.51. The number of nitrogens with one attached hydrogen (secondary N) is 1. The Balaban J connectivity index is 1.53. The Hall–Kier alpha value is -3.72. The number of hydrogen-bond donors (Lipinski definition) is 1. The largest absolute Gasteiger partial charge is 0.325 e. The maximum absolute atomic E-state index is 12.4. The van der Waals surface area contributed by atoms with Crippen molar-refractivity contribution in [2.75, 3.05) is 16.8 Å². The molecule has 1 aliphatic rings. The minimum Gasteiger partial charge on any atom is -0.325 e. The fourth-order valence-electron chi connectivity index (χ4n) is 3.21. The molecule has 1 amide bonds. The molecule has 1 aromatic heterocycles. The number of aryl methyl sites for hydroxylation is 1. The Kier molecular flexibility index (Phi) is 4.50. The molecule has 3 aromatic rings. The van der Waals surface area contributed by atoms with E-state index in [1.807, 2.05) is 18.2 Å². The van der Waals surface area contributed by atoms with Crippen molar-refractivity contribution < 1.29 is 4.79 Å². The molecular formula is C21H17N5O. The fourth-order valence-corrected chi connectivity index (χ4v) is 3.21. The van der Waals surface area contributed by atoms with Gasteiger partial charge in [-0.05, 0) is 42.7 Å². The molecule has 27 heavy (non-hydrogen) atoms. The molecule has 2 aromatic carbocycles. The molecule has 0 atom stereocenters. The van der Waals surface area contributed by atoms with Gasteiger partial charge in [-0.15, -0.1) is 0 Å². The zero-order valence-electron chi connectivity index (χ0n) is 14.6. The summed E-state index contributed by atoms with van der Waals surface area (Å²) in [7, 11) is 0. The zero-order valence-corrected chi connectivity index (χ0v) is 14.6. The molecule has 0 saturated carbocycles. The summed E-state index contributed by atoms with van der Waals surface area (Å²) in [6.45, 7) is 0.873. The molecule has 0 saturated heterocycles. The van der Waals surface area contributed by atoms with Crippen LogP contribution in [0.4, 0.5) is 17.2 Å². The number of anilines is 3. The number of carbonyl (C=O) groups is 1. The van der Waals surface area contributed by atoms with E-state index >= 15 is 0 Å². The minimum atomic E-state index is -0.358. The first kappa shape index (κ1) is 16.7. The van der Waals surface area contributed by atoms with Crippen molar-refractivity contribution in [3.8, 4) is 6.07 Å². The van der Waals surface area contributed by atoms with E-state index in [0.29, 0.717) is 11.3 Å². The smallest absolute Gasteiger partial charge is 0.275 e. The van der Waals surface area contributed by atoms with E-state index in [1.165, 1.54) is 11.8 Å². The second kappa shape index (κ2) is 7.26. The molecule has 0 fully saturated rings. The molecule has 1 N–H and O–H groups in total. The summed E-state index contributed by atoms with van der Waals surface area (Å²) >= 11 is 0. The topological polar surface area (TPSA) is 81.9 Å². The Morgan fingerprint density at radius 3 is 2.81 bits per heavy atom. The second-order valence-electron chi connectivity index (χ2n) is 6.29. The number of benzene rings is 2. The van der Waals surface area contributed by atoms with Crippen LogP contribution in [0.3, 0.4) is 0 Å². The van der Waals surface area contributed by atoms with Gasteiger partial charge in [0.1, 0.15) is 5.69 Å². The van der Waals surface area contributed by atoms with Crippen molar-refractivity contribution in [1.29, 1.82) is 5.26 Å². The molecule has 0 aliphatic carbocycles. The SMILES string of the molecule is N#Cc1cccc(NC(=O)c2cnc(N3CCCc4ccccc43)cn2)c1. The Morgan fingerprint density at radius 2 is 2.00 bits per heavy atom. The Labute approximate surface area is 157 Å². The molecule has 0 spiro atoms. The number of nitrogens with zero attached hydrogens (tertiary/aromatic N) is 4. The van der Waals surface area contributed by atoms with Crippen molar-refractivity contribution in [3.63, 3.8) is 0 Å². The summed E-state index contributed by atoms with van der Waals surface area (Å²) in [6, 6.07) is 17.1. The van der Waals surface area contributed by atoms with Crippen LogP contribution < -0.4 is 10.2 Å². The van der Waals surface area contributed by atoms with E-state index in [2.05, 4.69) is 32.3 Å². The van der Waals surface area contributed by atoms with Gasteiger partial charge in [0.2, 0.25) is 0 Å². The van der Waals surface area contributed by atoms with Crippen LogP contribution in [0.1, 0.15) is 28.0 Å². The third kappa shape index (κ3) is 3.48. The number of amides is 1. The van der Waals surface area contributed by atoms with Crippen LogP contribution in [0.25, 0.3) is 0 Å². The van der Waals surface area contributed by atoms with Gasteiger partial charge >= 0.3 is 0 Å². The number of hydrogen-bond acceptors (Lipinski definition) is 5. The maximum atomic E-state index is 12.4. The van der Waals surface area contributed by atoms with E-state index in [4.69, 9.17) is 5.26 Å². The number of para-hydroxylation sites is 1. The molecule has 6 heteroatoms. The van der Waals surface area contributed by atoms with Crippen molar-refractivity contribution in [2.24, 2.45) is 0 Å². The Morgan fingerprint density at radius 1 is 1.11 bits per heavy atom. The van der Waals surface area contributed by atoms with Crippen molar-refractivity contribution in [1.82, 2.24) is 9.97 Å². The molecule has 1 aliphatic heterocycles. The summed E-state index contributed by atoms with van der Waals surface area (Å²) in [5.74, 6) is 0.369. The van der Waals surface area contributed by atoms with Crippen molar-refractivity contribution in [3.05, 3.63) is 77.7 Å². The van der Waals surface area contributed by atoms with E-state index in [0.717, 1.165) is 30.9 Å². The molecule has 132 valence electrons. The molecule has 0 bridgehead atoms. The predicted octanol–water partition coefficient (Wildman–Crippen LogP) is 3.68. The molecule has 0 unspecified atom stereocenters. The molecular weight excluding hydrogens is 338 g/mol. The lowest BCUT2D eigenvalue weighted by atomic mass is 10.0. The van der Waals surface area contributed by atoms with E-state index < -0.39 is 0 Å². The monoisotopic (exact) mass is 355 g/mol. The van der Waals surface area contributed by atoms with Crippen LogP contribution in [0, 0.1) is 11.3 Å². The average molecular weight is 355 g/mol. The number of carbonyl (C=O) groups excluding carboxylic acids is 1. The summed E-state index contributed by atoms with van der Waals surface area (Å²) in [5.41, 5.74) is 3.70. The van der Waals surface area contributed by atoms with Crippen LogP contribution in [0.5, 0.6) is 0 Å². The quantitative estimate of drug-likeness (QED) is 0.775. The summed E-state index contributed by atoms with van der Waals surface area (Å²) in [4.78, 5) is 23.3. The van der Waals surface area contributed by atoms with Crippen LogP contribution in [-0.4, -0.2) is 22.4 Å². The van der Waals surface area contributed by atoms with Gasteiger partial charge in [-0.1, -0.05) is 24.3 Å². The van der Waals surface area contributed by atoms with Crippen LogP contribution in [0.2, 0.25) is 0 Å². The number of rotatable bonds is 3. The highest BCUT2D eigenvalue weighted by Crippen LogP contribution is 2.31. The van der Waals surface area contributed by atoms with Gasteiger partial charge in [0, 0.05) is 17.9 Å². The minimum absolute atomic E-state index is 0.228. The lowest BCUT2D eigenvalue weighted by Crippen LogP contribution is -2.25. The number of aromatic nitrogens is 2. The van der Waals surface area contributed by atoms with Crippen molar-refractivity contribution >= 4 is 23.1 Å². The van der Waals surface area contributed by atoms with Gasteiger partial charge in [0.15, 0.2) is 5.82 Å². The van der Waals surface area contributed by atoms with Crippen LogP contribution in [0.15, 0.2) is 60.9 Å². The Bertz CT molecular complexity index is 1020. The molecule has 2 heterocycles. The number of fused-ring (bicyclic) bond motifs is 1. The summed E-state index contributed by atoms with van der Waals surface area (Å²) in [5, 5.41) is 11.7. The molecule has 4 rings (SSSR count). The first-order chi connectivity index (χ1) is 13.2. The first-order valence-electron chi connectivity index (χ1n) is 8.73. The van der Waals surface area contributed by atoms with Gasteiger partial charge < -0.3 is 10.2 Å². The number of nitriles is 1. The third-order valence-corrected chi connectivity index (χ3v) is 4.51. The standard InChI is InChI=1S/C21H17N5O/c22-12-15-5-3-8-17(11-15)25-21(27)18-13-24-20(14-23-18)26-10-4-7-16-6-1-2-9-19(16)26/h1-3,5-6,8-9,11,13-14H,4,7,10H2,(H,25,27).